The number of hydrogen-bond acceptors (Lipinski definition) is 8. The van der Waals surface area contributed by atoms with Crippen molar-refractivity contribution in [3.8, 4) is 11.3 Å². The van der Waals surface area contributed by atoms with Crippen LogP contribution in [-0.2, 0) is 16.8 Å². The van der Waals surface area contributed by atoms with Crippen molar-refractivity contribution in [2.24, 2.45) is 5.92 Å². The fourth-order valence-corrected chi connectivity index (χ4v) is 5.44. The molecule has 0 spiro atoms. The topological polar surface area (TPSA) is 137 Å². The molecule has 11 heteroatoms. The number of amides is 1. The number of fused-ring (bicyclic) bond motifs is 1. The van der Waals surface area contributed by atoms with Crippen molar-refractivity contribution >= 4 is 40.3 Å². The number of carboxylic acid groups (broad SMARTS) is 1. The predicted molar refractivity (Wildman–Crippen MR) is 146 cm³/mol. The van der Waals surface area contributed by atoms with Gasteiger partial charge in [0.05, 0.1) is 22.8 Å². The zero-order chi connectivity index (χ0) is 27.0. The molecular formula is C27H31N7O3S. The van der Waals surface area contributed by atoms with Gasteiger partial charge in [-0.1, -0.05) is 32.9 Å². The molecule has 10 nitrogen and oxygen atoms in total. The van der Waals surface area contributed by atoms with Gasteiger partial charge in [0.1, 0.15) is 16.7 Å². The van der Waals surface area contributed by atoms with Crippen LogP contribution in [0.25, 0.3) is 22.4 Å². The number of thiazole rings is 1. The molecule has 0 atom stereocenters. The molecule has 0 aliphatic carbocycles. The summed E-state index contributed by atoms with van der Waals surface area (Å²) in [6.45, 7) is 9.91. The van der Waals surface area contributed by atoms with Gasteiger partial charge in [-0.2, -0.15) is 4.98 Å². The van der Waals surface area contributed by atoms with Gasteiger partial charge >= 0.3 is 5.97 Å². The molecule has 3 N–H and O–H groups in total. The highest BCUT2D eigenvalue weighted by molar-refractivity contribution is 7.13. The van der Waals surface area contributed by atoms with E-state index in [1.54, 1.807) is 6.20 Å². The van der Waals surface area contributed by atoms with E-state index in [4.69, 9.17) is 0 Å². The molecule has 5 rings (SSSR count). The van der Waals surface area contributed by atoms with E-state index < -0.39 is 5.97 Å². The lowest BCUT2D eigenvalue weighted by Gasteiger charge is -2.29. The Balaban J connectivity index is 1.31. The fraction of sp³-hybridized carbons (Fsp3) is 0.407. The second-order valence-electron chi connectivity index (χ2n) is 10.7. The first-order valence-electron chi connectivity index (χ1n) is 12.6. The zero-order valence-electron chi connectivity index (χ0n) is 21.9. The van der Waals surface area contributed by atoms with Gasteiger partial charge in [-0.25, -0.2) is 15.0 Å². The van der Waals surface area contributed by atoms with E-state index in [1.807, 2.05) is 25.1 Å². The molecule has 1 aromatic carbocycles. The van der Waals surface area contributed by atoms with Gasteiger partial charge in [0, 0.05) is 30.6 Å². The van der Waals surface area contributed by atoms with Crippen molar-refractivity contribution in [3.63, 3.8) is 0 Å². The Morgan fingerprint density at radius 1 is 1.18 bits per heavy atom. The quantitative estimate of drug-likeness (QED) is 0.333. The van der Waals surface area contributed by atoms with Gasteiger partial charge in [0.25, 0.3) is 5.91 Å². The maximum absolute atomic E-state index is 12.7. The predicted octanol–water partition coefficient (Wildman–Crippen LogP) is 4.31. The van der Waals surface area contributed by atoms with Gasteiger partial charge in [-0.05, 0) is 37.0 Å². The van der Waals surface area contributed by atoms with E-state index in [9.17, 15) is 14.7 Å². The van der Waals surface area contributed by atoms with Crippen LogP contribution < -0.4 is 10.2 Å². The molecule has 1 fully saturated rings. The summed E-state index contributed by atoms with van der Waals surface area (Å²) >= 11 is 1.43. The third kappa shape index (κ3) is 5.24. The summed E-state index contributed by atoms with van der Waals surface area (Å²) in [6, 6.07) is 6.03. The van der Waals surface area contributed by atoms with Gasteiger partial charge in [0.15, 0.2) is 5.65 Å². The van der Waals surface area contributed by atoms with Crippen LogP contribution in [0.15, 0.2) is 30.7 Å². The van der Waals surface area contributed by atoms with E-state index >= 15 is 0 Å². The summed E-state index contributed by atoms with van der Waals surface area (Å²) in [5.41, 5.74) is 4.93. The first kappa shape index (κ1) is 25.8. The normalized spacial score (nSPS) is 14.7. The maximum Gasteiger partial charge on any atom is 0.306 e. The van der Waals surface area contributed by atoms with Crippen LogP contribution in [-0.4, -0.2) is 55.0 Å². The number of aryl methyl sites for hydroxylation is 1. The van der Waals surface area contributed by atoms with Crippen LogP contribution >= 0.6 is 11.3 Å². The van der Waals surface area contributed by atoms with Crippen molar-refractivity contribution in [3.05, 3.63) is 51.7 Å². The second kappa shape index (κ2) is 10.1. The molecule has 198 valence electrons. The average molecular weight is 534 g/mol. The van der Waals surface area contributed by atoms with Crippen molar-refractivity contribution < 1.29 is 14.7 Å². The Morgan fingerprint density at radius 3 is 2.61 bits per heavy atom. The number of aromatic nitrogens is 5. The highest BCUT2D eigenvalue weighted by Crippen LogP contribution is 2.30. The number of H-pyrrole nitrogens is 1. The van der Waals surface area contributed by atoms with Crippen LogP contribution in [0.2, 0.25) is 0 Å². The first-order valence-corrected chi connectivity index (χ1v) is 13.4. The van der Waals surface area contributed by atoms with Crippen LogP contribution in [0.5, 0.6) is 0 Å². The molecule has 4 heterocycles. The minimum atomic E-state index is -0.737. The van der Waals surface area contributed by atoms with Crippen molar-refractivity contribution in [2.45, 2.75) is 52.5 Å². The number of carboxylic acids is 1. The number of nitrogens with one attached hydrogen (secondary N) is 2. The van der Waals surface area contributed by atoms with Crippen LogP contribution in [0.4, 0.5) is 5.95 Å². The van der Waals surface area contributed by atoms with Gasteiger partial charge in [0.2, 0.25) is 5.95 Å². The van der Waals surface area contributed by atoms with Crippen molar-refractivity contribution in [1.82, 2.24) is 30.2 Å². The average Bonchev–Trinajstić information content (AvgIpc) is 3.56. The summed E-state index contributed by atoms with van der Waals surface area (Å²) < 4.78 is 0. The third-order valence-corrected chi connectivity index (χ3v) is 8.27. The molecule has 1 amide bonds. The molecular weight excluding hydrogens is 502 g/mol. The number of aliphatic carboxylic acids is 1. The standard InChI is InChI=1S/C27H31N7O3S/c1-15-11-17(5-6-18(15)12-28-23(35)19-13-29-25(38-19)27(2,3)4)20-21-22(31-14-30-20)33-26(32-21)34-9-7-16(8-10-34)24(36)37/h5-6,11,13-14,16H,7-10,12H2,1-4H3,(H,28,35)(H,36,37)(H,30,31,32,33). The van der Waals surface area contributed by atoms with Crippen LogP contribution in [0.3, 0.4) is 0 Å². The molecule has 0 saturated carbocycles. The van der Waals surface area contributed by atoms with Crippen molar-refractivity contribution in [2.75, 3.05) is 18.0 Å². The molecule has 0 unspecified atom stereocenters. The molecule has 4 aromatic rings. The minimum Gasteiger partial charge on any atom is -0.481 e. The summed E-state index contributed by atoms with van der Waals surface area (Å²) in [7, 11) is 0. The van der Waals surface area contributed by atoms with Crippen LogP contribution in [0, 0.1) is 12.8 Å². The van der Waals surface area contributed by atoms with E-state index in [0.717, 1.165) is 32.9 Å². The van der Waals surface area contributed by atoms with E-state index in [0.29, 0.717) is 48.9 Å². The molecule has 1 saturated heterocycles. The number of nitrogens with zero attached hydrogens (tertiary/aromatic N) is 5. The number of piperidine rings is 1. The summed E-state index contributed by atoms with van der Waals surface area (Å²) in [5, 5.41) is 13.2. The number of carbonyl (C=O) groups is 2. The van der Waals surface area contributed by atoms with Gasteiger partial charge in [-0.3, -0.25) is 9.59 Å². The number of carbonyl (C=O) groups excluding carboxylic acids is 1. The lowest BCUT2D eigenvalue weighted by Crippen LogP contribution is -2.36. The Bertz CT molecular complexity index is 1500. The lowest BCUT2D eigenvalue weighted by molar-refractivity contribution is -0.142. The van der Waals surface area contributed by atoms with E-state index in [-0.39, 0.29) is 17.2 Å². The van der Waals surface area contributed by atoms with Crippen molar-refractivity contribution in [1.29, 1.82) is 0 Å². The Morgan fingerprint density at radius 2 is 1.95 bits per heavy atom. The number of anilines is 1. The Hall–Kier alpha value is -3.86. The van der Waals surface area contributed by atoms with Gasteiger partial charge in [-0.15, -0.1) is 11.3 Å². The molecule has 0 radical (unpaired) electrons. The number of hydrogen-bond donors (Lipinski definition) is 3. The van der Waals surface area contributed by atoms with E-state index in [1.165, 1.54) is 17.7 Å². The number of benzene rings is 1. The number of rotatable bonds is 6. The summed E-state index contributed by atoms with van der Waals surface area (Å²) in [6.07, 6.45) is 4.32. The molecule has 38 heavy (non-hydrogen) atoms. The SMILES string of the molecule is Cc1cc(-c2ncnc3nc(N4CCC(C(=O)O)CC4)[nH]c23)ccc1CNC(=O)c1cnc(C(C)(C)C)s1. The summed E-state index contributed by atoms with van der Waals surface area (Å²) in [5.74, 6) is -0.491. The maximum atomic E-state index is 12.7. The highest BCUT2D eigenvalue weighted by Gasteiger charge is 2.26. The third-order valence-electron chi connectivity index (χ3n) is 6.85. The number of aromatic amines is 1. The molecule has 1 aliphatic heterocycles. The van der Waals surface area contributed by atoms with E-state index in [2.05, 4.69) is 55.9 Å². The highest BCUT2D eigenvalue weighted by atomic mass is 32.1. The van der Waals surface area contributed by atoms with Crippen LogP contribution in [0.1, 0.15) is 59.4 Å². The first-order chi connectivity index (χ1) is 18.1. The summed E-state index contributed by atoms with van der Waals surface area (Å²) in [4.78, 5) is 47.9. The largest absolute Gasteiger partial charge is 0.481 e. The van der Waals surface area contributed by atoms with Gasteiger partial charge < -0.3 is 20.3 Å². The Labute approximate surface area is 224 Å². The minimum absolute atomic E-state index is 0.0886. The second-order valence-corrected chi connectivity index (χ2v) is 11.7. The monoisotopic (exact) mass is 533 g/mol. The molecule has 0 bridgehead atoms. The zero-order valence-corrected chi connectivity index (χ0v) is 22.7. The molecule has 3 aromatic heterocycles. The smallest absolute Gasteiger partial charge is 0.306 e. The number of imidazole rings is 1. The Kier molecular flexibility index (Phi) is 6.87. The lowest BCUT2D eigenvalue weighted by atomic mass is 9.97. The molecule has 1 aliphatic rings. The fourth-order valence-electron chi connectivity index (χ4n) is 4.55.